The van der Waals surface area contributed by atoms with E-state index in [2.05, 4.69) is 32.0 Å². The third kappa shape index (κ3) is 4.35. The zero-order chi connectivity index (χ0) is 23.8. The lowest BCUT2D eigenvalue weighted by Gasteiger charge is -2.23. The Bertz CT molecular complexity index is 1360. The molecular formula is C27H30N6O2. The van der Waals surface area contributed by atoms with Crippen LogP contribution >= 0.6 is 0 Å². The van der Waals surface area contributed by atoms with E-state index in [1.54, 1.807) is 6.20 Å². The van der Waals surface area contributed by atoms with E-state index in [1.165, 1.54) is 6.42 Å². The van der Waals surface area contributed by atoms with Crippen molar-refractivity contribution in [3.8, 4) is 22.8 Å². The predicted octanol–water partition coefficient (Wildman–Crippen LogP) is 4.70. The van der Waals surface area contributed by atoms with Crippen LogP contribution < -0.4 is 16.0 Å². The van der Waals surface area contributed by atoms with Crippen LogP contribution in [0.2, 0.25) is 0 Å². The molecule has 0 bridgehead atoms. The number of H-pyrrole nitrogens is 1. The molecule has 0 spiro atoms. The van der Waals surface area contributed by atoms with Crippen LogP contribution in [0.4, 0.5) is 5.69 Å². The summed E-state index contributed by atoms with van der Waals surface area (Å²) in [4.78, 5) is 25.5. The fourth-order valence-electron chi connectivity index (χ4n) is 5.10. The van der Waals surface area contributed by atoms with Crippen LogP contribution in [0.25, 0.3) is 33.8 Å². The summed E-state index contributed by atoms with van der Waals surface area (Å²) in [5, 5.41) is 9.88. The standard InChI is InChI=1S/C27H30N6O2/c1-16-18(6-4-8-19(16)33-26(34)22-7-2-3-12-29-22)27-30-15-24(35-27)17-10-11-20-23(14-17)32-25(31-20)21-9-5-13-28-21/h4,6,8,10-11,14-15,21-22,28-29H,2-3,5,7,9,12-13H2,1H3,(H,31,32)(H,33,34). The first kappa shape index (κ1) is 22.0. The number of oxazole rings is 1. The number of amides is 1. The fraction of sp³-hybridized carbons (Fsp3) is 0.370. The van der Waals surface area contributed by atoms with Gasteiger partial charge in [0.15, 0.2) is 5.76 Å². The zero-order valence-corrected chi connectivity index (χ0v) is 19.9. The van der Waals surface area contributed by atoms with Crippen LogP contribution in [0, 0.1) is 6.92 Å². The number of anilines is 1. The number of imidazole rings is 1. The Hall–Kier alpha value is -3.49. The number of hydrogen-bond acceptors (Lipinski definition) is 6. The molecule has 2 atom stereocenters. The molecule has 2 aromatic heterocycles. The van der Waals surface area contributed by atoms with E-state index >= 15 is 0 Å². The molecule has 4 heterocycles. The predicted molar refractivity (Wildman–Crippen MR) is 136 cm³/mol. The van der Waals surface area contributed by atoms with E-state index in [-0.39, 0.29) is 11.9 Å². The van der Waals surface area contributed by atoms with Gasteiger partial charge in [-0.25, -0.2) is 9.97 Å². The number of aromatic amines is 1. The summed E-state index contributed by atoms with van der Waals surface area (Å²) in [5.74, 6) is 2.23. The third-order valence-electron chi connectivity index (χ3n) is 7.13. The van der Waals surface area contributed by atoms with Crippen molar-refractivity contribution in [2.75, 3.05) is 18.4 Å². The number of hydrogen-bond donors (Lipinski definition) is 4. The normalized spacial score (nSPS) is 20.4. The number of nitrogens with one attached hydrogen (secondary N) is 4. The molecule has 0 saturated carbocycles. The molecule has 4 aromatic rings. The number of benzene rings is 2. The quantitative estimate of drug-likeness (QED) is 0.337. The molecule has 8 nitrogen and oxygen atoms in total. The van der Waals surface area contributed by atoms with Gasteiger partial charge in [0.1, 0.15) is 5.82 Å². The highest BCUT2D eigenvalue weighted by atomic mass is 16.4. The van der Waals surface area contributed by atoms with Gasteiger partial charge < -0.3 is 25.4 Å². The van der Waals surface area contributed by atoms with Crippen LogP contribution in [-0.2, 0) is 4.79 Å². The maximum atomic E-state index is 12.7. The molecule has 2 aliphatic rings. The maximum Gasteiger partial charge on any atom is 0.241 e. The van der Waals surface area contributed by atoms with Gasteiger partial charge in [0.25, 0.3) is 0 Å². The lowest BCUT2D eigenvalue weighted by molar-refractivity contribution is -0.118. The smallest absolute Gasteiger partial charge is 0.241 e. The van der Waals surface area contributed by atoms with E-state index < -0.39 is 0 Å². The van der Waals surface area contributed by atoms with Crippen molar-refractivity contribution in [3.63, 3.8) is 0 Å². The molecular weight excluding hydrogens is 440 g/mol. The van der Waals surface area contributed by atoms with Gasteiger partial charge in [0.05, 0.1) is 29.3 Å². The van der Waals surface area contributed by atoms with Crippen molar-refractivity contribution in [2.24, 2.45) is 0 Å². The number of nitrogens with zero attached hydrogens (tertiary/aromatic N) is 2. The first-order valence-corrected chi connectivity index (χ1v) is 12.5. The summed E-state index contributed by atoms with van der Waals surface area (Å²) >= 11 is 0. The number of rotatable bonds is 5. The summed E-state index contributed by atoms with van der Waals surface area (Å²) in [7, 11) is 0. The second kappa shape index (κ2) is 9.28. The van der Waals surface area contributed by atoms with Gasteiger partial charge in [0, 0.05) is 16.8 Å². The molecule has 2 fully saturated rings. The monoisotopic (exact) mass is 470 g/mol. The van der Waals surface area contributed by atoms with Crippen molar-refractivity contribution in [1.29, 1.82) is 0 Å². The van der Waals surface area contributed by atoms with Crippen LogP contribution in [0.5, 0.6) is 0 Å². The van der Waals surface area contributed by atoms with Crippen LogP contribution in [-0.4, -0.2) is 40.0 Å². The molecule has 0 radical (unpaired) electrons. The SMILES string of the molecule is Cc1c(NC(=O)C2CCCCN2)cccc1-c1ncc(-c2ccc3nc(C4CCCN4)[nH]c3c2)o1. The minimum absolute atomic E-state index is 0.0121. The van der Waals surface area contributed by atoms with E-state index in [0.29, 0.717) is 17.7 Å². The summed E-state index contributed by atoms with van der Waals surface area (Å²) in [6.07, 6.45) is 7.10. The number of fused-ring (bicyclic) bond motifs is 1. The van der Waals surface area contributed by atoms with Crippen molar-refractivity contribution >= 4 is 22.6 Å². The average molecular weight is 471 g/mol. The largest absolute Gasteiger partial charge is 0.436 e. The summed E-state index contributed by atoms with van der Waals surface area (Å²) in [6, 6.07) is 12.1. The topological polar surface area (TPSA) is 108 Å². The van der Waals surface area contributed by atoms with Crippen LogP contribution in [0.1, 0.15) is 49.5 Å². The molecule has 2 saturated heterocycles. The number of piperidine rings is 1. The molecule has 180 valence electrons. The minimum Gasteiger partial charge on any atom is -0.436 e. The Labute approximate surface area is 203 Å². The second-order valence-electron chi connectivity index (χ2n) is 9.50. The maximum absolute atomic E-state index is 12.7. The Morgan fingerprint density at radius 1 is 1.09 bits per heavy atom. The molecule has 2 unspecified atom stereocenters. The molecule has 2 aromatic carbocycles. The van der Waals surface area contributed by atoms with Gasteiger partial charge in [-0.2, -0.15) is 0 Å². The molecule has 35 heavy (non-hydrogen) atoms. The lowest BCUT2D eigenvalue weighted by atomic mass is 10.0. The van der Waals surface area contributed by atoms with Crippen molar-refractivity contribution < 1.29 is 9.21 Å². The molecule has 6 rings (SSSR count). The van der Waals surface area contributed by atoms with Gasteiger partial charge in [-0.05, 0) is 81.6 Å². The van der Waals surface area contributed by atoms with Gasteiger partial charge >= 0.3 is 0 Å². The number of aromatic nitrogens is 3. The first-order chi connectivity index (χ1) is 17.2. The highest BCUT2D eigenvalue weighted by Gasteiger charge is 2.22. The third-order valence-corrected chi connectivity index (χ3v) is 7.13. The van der Waals surface area contributed by atoms with Gasteiger partial charge in [-0.3, -0.25) is 4.79 Å². The van der Waals surface area contributed by atoms with E-state index in [1.807, 2.05) is 37.3 Å². The Morgan fingerprint density at radius 3 is 2.83 bits per heavy atom. The van der Waals surface area contributed by atoms with Crippen LogP contribution in [0.3, 0.4) is 0 Å². The molecule has 8 heteroatoms. The Kier molecular flexibility index (Phi) is 5.83. The molecule has 1 amide bonds. The summed E-state index contributed by atoms with van der Waals surface area (Å²) in [6.45, 7) is 3.91. The minimum atomic E-state index is -0.137. The number of carbonyl (C=O) groups excluding carboxylic acids is 1. The molecule has 4 N–H and O–H groups in total. The van der Waals surface area contributed by atoms with Gasteiger partial charge in [-0.15, -0.1) is 0 Å². The highest BCUT2D eigenvalue weighted by molar-refractivity contribution is 5.96. The number of carbonyl (C=O) groups is 1. The van der Waals surface area contributed by atoms with Gasteiger partial charge in [0.2, 0.25) is 11.8 Å². The Morgan fingerprint density at radius 2 is 2.00 bits per heavy atom. The molecule has 2 aliphatic heterocycles. The second-order valence-corrected chi connectivity index (χ2v) is 9.50. The first-order valence-electron chi connectivity index (χ1n) is 12.5. The van der Waals surface area contributed by atoms with E-state index in [9.17, 15) is 4.79 Å². The highest BCUT2D eigenvalue weighted by Crippen LogP contribution is 2.32. The van der Waals surface area contributed by atoms with Crippen molar-refractivity contribution in [2.45, 2.75) is 51.1 Å². The van der Waals surface area contributed by atoms with Crippen LogP contribution in [0.15, 0.2) is 47.0 Å². The average Bonchev–Trinajstić information content (AvgIpc) is 3.66. The van der Waals surface area contributed by atoms with E-state index in [0.717, 1.165) is 78.0 Å². The summed E-state index contributed by atoms with van der Waals surface area (Å²) in [5.41, 5.74) is 5.46. The van der Waals surface area contributed by atoms with Crippen molar-refractivity contribution in [3.05, 3.63) is 54.0 Å². The lowest BCUT2D eigenvalue weighted by Crippen LogP contribution is -2.43. The fourth-order valence-corrected chi connectivity index (χ4v) is 5.10. The zero-order valence-electron chi connectivity index (χ0n) is 19.9. The van der Waals surface area contributed by atoms with E-state index in [4.69, 9.17) is 9.40 Å². The Balaban J connectivity index is 1.24. The van der Waals surface area contributed by atoms with Crippen molar-refractivity contribution in [1.82, 2.24) is 25.6 Å². The van der Waals surface area contributed by atoms with Gasteiger partial charge in [-0.1, -0.05) is 12.5 Å². The molecule has 0 aliphatic carbocycles. The summed E-state index contributed by atoms with van der Waals surface area (Å²) < 4.78 is 6.19.